The van der Waals surface area contributed by atoms with Crippen LogP contribution in [0.15, 0.2) is 0 Å². The number of nitriles is 1. The largest absolute Gasteiger partial charge is 0.459 e. The summed E-state index contributed by atoms with van der Waals surface area (Å²) in [7, 11) is 0. The number of hydrogen-bond acceptors (Lipinski definition) is 27. The summed E-state index contributed by atoms with van der Waals surface area (Å²) in [5.41, 5.74) is -9.47. The molecule has 0 aromatic carbocycles. The highest BCUT2D eigenvalue weighted by atomic mass is 16.6. The van der Waals surface area contributed by atoms with Crippen LogP contribution >= 0.6 is 0 Å². The van der Waals surface area contributed by atoms with Crippen molar-refractivity contribution < 1.29 is 125 Å². The Labute approximate surface area is 862 Å². The van der Waals surface area contributed by atoms with Crippen molar-refractivity contribution in [2.45, 2.75) is 498 Å². The molecule has 3 saturated heterocycles. The number of nitrogens with zero attached hydrogens (tertiary/aromatic N) is 1. The van der Waals surface area contributed by atoms with Crippen LogP contribution in [0.4, 0.5) is 0 Å². The monoisotopic (exact) mass is 2020 g/mol. The van der Waals surface area contributed by atoms with Crippen LogP contribution in [0, 0.1) is 166 Å². The van der Waals surface area contributed by atoms with E-state index in [1.807, 2.05) is 138 Å². The molecule has 0 aromatic rings. The molecular formula is C118H177NO26. The number of aliphatic hydroxyl groups is 2. The zero-order valence-electron chi connectivity index (χ0n) is 92.0. The number of hydrogen-bond donors (Lipinski definition) is 2. The lowest BCUT2D eigenvalue weighted by Gasteiger charge is -2.61. The minimum atomic E-state index is -1.42. The summed E-state index contributed by atoms with van der Waals surface area (Å²) in [5, 5.41) is 30.6. The van der Waals surface area contributed by atoms with Crippen molar-refractivity contribution in [3.63, 3.8) is 0 Å². The molecular weight excluding hydrogens is 1850 g/mol. The maximum Gasteiger partial charge on any atom is 0.344 e. The van der Waals surface area contributed by atoms with Gasteiger partial charge in [0.15, 0.2) is 22.9 Å². The van der Waals surface area contributed by atoms with Gasteiger partial charge in [0.25, 0.3) is 0 Å². The summed E-state index contributed by atoms with van der Waals surface area (Å²) in [4.78, 5) is 152. The van der Waals surface area contributed by atoms with Crippen molar-refractivity contribution in [3.8, 4) is 6.07 Å². The summed E-state index contributed by atoms with van der Waals surface area (Å²) < 4.78 is 69.5. The Kier molecular flexibility index (Phi) is 28.7. The van der Waals surface area contributed by atoms with Crippen LogP contribution in [-0.2, 0) is 114 Å². The molecule has 19 unspecified atom stereocenters. The highest BCUT2D eigenvalue weighted by molar-refractivity contribution is 6.04. The normalized spacial score (nSPS) is 41.3. The molecule has 3 heterocycles. The fraction of sp³-hybridized carbons (Fsp3) is 0.890. The van der Waals surface area contributed by atoms with Crippen molar-refractivity contribution in [1.29, 1.82) is 5.26 Å². The number of esters is 12. The maximum absolute atomic E-state index is 13.3. The predicted octanol–water partition coefficient (Wildman–Crippen LogP) is 20.8. The van der Waals surface area contributed by atoms with Crippen molar-refractivity contribution >= 4 is 71.6 Å². The molecule has 0 spiro atoms. The first-order chi connectivity index (χ1) is 67.5. The van der Waals surface area contributed by atoms with Gasteiger partial charge in [-0.15, -0.1) is 0 Å². The first-order valence-corrected chi connectivity index (χ1v) is 57.0. The topological polar surface area (TPSA) is 380 Å². The molecule has 22 bridgehead atoms. The molecule has 27 heteroatoms. The summed E-state index contributed by atoms with van der Waals surface area (Å²) in [5.74, 6) is 2.02. The molecule has 26 rings (SSSR count). The van der Waals surface area contributed by atoms with Crippen LogP contribution in [0.2, 0.25) is 0 Å². The van der Waals surface area contributed by atoms with Crippen molar-refractivity contribution in [2.24, 2.45) is 154 Å². The summed E-state index contributed by atoms with van der Waals surface area (Å²) in [6, 6.07) is 2.15. The van der Waals surface area contributed by atoms with E-state index in [1.54, 1.807) is 0 Å². The van der Waals surface area contributed by atoms with Gasteiger partial charge in [0, 0.05) is 59.2 Å². The Morgan fingerprint density at radius 1 is 0.352 bits per heavy atom. The minimum absolute atomic E-state index is 0.00796. The van der Waals surface area contributed by atoms with E-state index in [0.29, 0.717) is 81.5 Å². The van der Waals surface area contributed by atoms with Crippen LogP contribution in [0.3, 0.4) is 0 Å². The van der Waals surface area contributed by atoms with Gasteiger partial charge in [-0.25, -0.2) is 4.79 Å². The molecule has 19 atom stereocenters. The first kappa shape index (κ1) is 109. The molecule has 26 fully saturated rings. The Balaban J connectivity index is 0.000000122. The molecule has 23 aliphatic carbocycles. The molecule has 0 amide bonds. The van der Waals surface area contributed by atoms with Gasteiger partial charge in [0.05, 0.1) is 49.8 Å². The molecule has 2 N–H and O–H groups in total. The average molecular weight is 2030 g/mol. The van der Waals surface area contributed by atoms with Crippen LogP contribution in [-0.4, -0.2) is 164 Å². The highest BCUT2D eigenvalue weighted by Gasteiger charge is 2.79. The predicted molar refractivity (Wildman–Crippen MR) is 532 cm³/mol. The maximum atomic E-state index is 13.3. The second-order valence-electron chi connectivity index (χ2n) is 56.6. The summed E-state index contributed by atoms with van der Waals surface area (Å²) in [6.45, 7) is 44.7. The van der Waals surface area contributed by atoms with Gasteiger partial charge in [0.1, 0.15) is 64.6 Å². The van der Waals surface area contributed by atoms with Crippen molar-refractivity contribution in [2.75, 3.05) is 6.61 Å². The molecule has 0 aromatic heterocycles. The Morgan fingerprint density at radius 3 is 0.993 bits per heavy atom. The second kappa shape index (κ2) is 38.1. The Bertz CT molecular complexity index is 4870. The number of carbonyl (C=O) groups is 12. The minimum Gasteiger partial charge on any atom is -0.459 e. The van der Waals surface area contributed by atoms with Crippen molar-refractivity contribution in [3.05, 3.63) is 0 Å². The summed E-state index contributed by atoms with van der Waals surface area (Å²) in [6.07, 6.45) is 35.8. The van der Waals surface area contributed by atoms with E-state index >= 15 is 0 Å². The number of rotatable bonds is 27. The van der Waals surface area contributed by atoms with E-state index in [-0.39, 0.29) is 111 Å². The van der Waals surface area contributed by atoms with Gasteiger partial charge in [-0.1, -0.05) is 48.5 Å². The lowest BCUT2D eigenvalue weighted by atomic mass is 9.46. The third kappa shape index (κ3) is 19.4. The quantitative estimate of drug-likeness (QED) is 0.0438. The molecule has 0 radical (unpaired) electrons. The summed E-state index contributed by atoms with van der Waals surface area (Å²) >= 11 is 0. The fourth-order valence-corrected chi connectivity index (χ4v) is 33.7. The zero-order chi connectivity index (χ0) is 106. The molecule has 3 aliphatic heterocycles. The van der Waals surface area contributed by atoms with Crippen LogP contribution in [0.25, 0.3) is 0 Å². The van der Waals surface area contributed by atoms with Crippen molar-refractivity contribution in [1.82, 2.24) is 0 Å². The van der Waals surface area contributed by atoms with Gasteiger partial charge < -0.3 is 67.1 Å². The third-order valence-corrected chi connectivity index (χ3v) is 43.7. The number of fused-ring (bicyclic) bond motifs is 3. The molecule has 810 valence electrons. The first-order valence-electron chi connectivity index (χ1n) is 57.0. The molecule has 23 saturated carbocycles. The van der Waals surface area contributed by atoms with E-state index in [0.717, 1.165) is 164 Å². The SMILES string of the molecule is CCC(C)(C)C(=O)OC(C)(C)C12CC3CC(CC(C3)C1)C2.CCC(C)(C)C(=O)OC12CC3CC(CC(O)(C3)C1)C2.CCC(C)(C)C(=O)OC12CC3CC(CC(O)(C3)C1)C2.CCC(C)(C)C(=O)OC1C2CC3C1OC(=O)C3(C#N)C2.CCC(C)(C)C(=O)OC1C2CC3C1OC(=O)C3(C(=O)OCC(=O)OC(C)(C)C13CC4CC(CC(C4)C1)C3)C2.CCC1(OC(=O)C23CC4CC2C(OC3=O)C4OC(=O)C(C)(C)CC)CCCC1. The van der Waals surface area contributed by atoms with E-state index in [4.69, 9.17) is 56.8 Å². The molecule has 145 heavy (non-hydrogen) atoms. The van der Waals surface area contributed by atoms with E-state index in [1.165, 1.54) is 70.6 Å². The van der Waals surface area contributed by atoms with Crippen LogP contribution < -0.4 is 0 Å². The molecule has 26 aliphatic rings. The third-order valence-electron chi connectivity index (χ3n) is 43.7. The lowest BCUT2D eigenvalue weighted by molar-refractivity contribution is -0.226. The van der Waals surface area contributed by atoms with E-state index in [9.17, 15) is 73.0 Å². The number of carbonyl (C=O) groups excluding carboxylic acids is 12. The lowest BCUT2D eigenvalue weighted by Crippen LogP contribution is -2.61. The second-order valence-corrected chi connectivity index (χ2v) is 56.6. The average Bonchev–Trinajstić information content (AvgIpc) is 1.54. The van der Waals surface area contributed by atoms with Gasteiger partial charge in [-0.3, -0.25) is 52.7 Å². The molecule has 27 nitrogen and oxygen atoms in total. The Hall–Kier alpha value is -6.95. The standard InChI is InChI=1S/C30H42O8.C22H32O6.C19H32O2.2C16H26O3.C15H19NO4/c1-6-27(2,3)24(32)36-22-19-10-20-23(22)37-26(34)30(20,14-19)25(33)35-15-21(31)38-28(4,5)29-11-16-7-17(12-29)9-18(8-16)13-29;1-5-20(3,4)17(23)26-15-13-11-14-16(15)27-18(24)22(14,12-13)19(25)28-21(6-2)9-7-8-10-21;1-6-17(2,3)16(20)21-18(4,5)19-10-13-7-14(11-19)9-15(8-13)12-19;2*1-4-14(2,3)13(17)19-16-8-11-5-12(9-16)7-15(18,6-11)10-16;1-4-14(2,3)12(17)19-10-8-5-9-11(10)20-13(18)15(9,6-8)7-16/h16-20,22-23H,6-15H2,1-5H3;13-16H,5-12H2,1-4H3;13-15H,6-12H2,1-5H3;2*11-12,18H,4-10H2,1-3H3;8-11H,4-6H2,1-3H3. The highest BCUT2D eigenvalue weighted by Crippen LogP contribution is 2.71. The van der Waals surface area contributed by atoms with Gasteiger partial charge in [0.2, 0.25) is 0 Å². The van der Waals surface area contributed by atoms with Crippen LogP contribution in [0.1, 0.15) is 422 Å². The smallest absolute Gasteiger partial charge is 0.344 e. The zero-order valence-corrected chi connectivity index (χ0v) is 92.0. The Morgan fingerprint density at radius 2 is 0.655 bits per heavy atom. The fourth-order valence-electron chi connectivity index (χ4n) is 33.7. The van der Waals surface area contributed by atoms with E-state index < -0.39 is 145 Å². The van der Waals surface area contributed by atoms with Crippen LogP contribution in [0.5, 0.6) is 0 Å². The van der Waals surface area contributed by atoms with Gasteiger partial charge in [-0.05, 0) is 420 Å². The van der Waals surface area contributed by atoms with Gasteiger partial charge >= 0.3 is 71.6 Å². The van der Waals surface area contributed by atoms with E-state index in [2.05, 4.69) is 26.8 Å². The number of ether oxygens (including phenoxy) is 12. The van der Waals surface area contributed by atoms with Gasteiger partial charge in [-0.2, -0.15) is 5.26 Å².